The van der Waals surface area contributed by atoms with Gasteiger partial charge in [0, 0.05) is 45.7 Å². The fraction of sp³-hybridized carbons (Fsp3) is 0.636. The maximum atomic E-state index is 12.6. The van der Waals surface area contributed by atoms with Crippen LogP contribution in [-0.4, -0.2) is 67.0 Å². The van der Waals surface area contributed by atoms with Gasteiger partial charge in [0.05, 0.1) is 18.6 Å². The molecule has 0 saturated carbocycles. The summed E-state index contributed by atoms with van der Waals surface area (Å²) in [6, 6.07) is 8.18. The highest BCUT2D eigenvalue weighted by atomic mass is 16.5. The molecule has 1 aromatic carbocycles. The second-order valence-electron chi connectivity index (χ2n) is 8.55. The van der Waals surface area contributed by atoms with Crippen molar-refractivity contribution in [2.75, 3.05) is 39.3 Å². The average molecular weight is 388 g/mol. The van der Waals surface area contributed by atoms with Crippen LogP contribution in [0.5, 0.6) is 0 Å². The fourth-order valence-electron chi connectivity index (χ4n) is 3.96. The first-order valence-corrected chi connectivity index (χ1v) is 10.4. The van der Waals surface area contributed by atoms with E-state index in [1.807, 2.05) is 31.2 Å². The Morgan fingerprint density at radius 2 is 2.00 bits per heavy atom. The molecule has 0 spiro atoms. The lowest BCUT2D eigenvalue weighted by Crippen LogP contribution is -2.49. The highest BCUT2D eigenvalue weighted by molar-refractivity contribution is 5.89. The number of aryl methyl sites for hydroxylation is 1. The van der Waals surface area contributed by atoms with Gasteiger partial charge in [-0.2, -0.15) is 0 Å². The minimum atomic E-state index is -0.270. The molecule has 0 aliphatic carbocycles. The molecule has 2 aliphatic heterocycles. The van der Waals surface area contributed by atoms with Crippen LogP contribution >= 0.6 is 0 Å². The maximum Gasteiger partial charge on any atom is 0.225 e. The summed E-state index contributed by atoms with van der Waals surface area (Å²) in [7, 11) is 0. The van der Waals surface area contributed by atoms with E-state index in [4.69, 9.17) is 4.74 Å². The Morgan fingerprint density at radius 3 is 2.71 bits per heavy atom. The van der Waals surface area contributed by atoms with Crippen LogP contribution < -0.4 is 5.32 Å². The quantitative estimate of drug-likeness (QED) is 0.775. The zero-order valence-corrected chi connectivity index (χ0v) is 17.3. The number of carbonyl (C=O) groups is 2. The van der Waals surface area contributed by atoms with Crippen LogP contribution in [0.2, 0.25) is 0 Å². The highest BCUT2D eigenvalue weighted by Crippen LogP contribution is 2.21. The fourth-order valence-corrected chi connectivity index (χ4v) is 3.96. The van der Waals surface area contributed by atoms with Crippen LogP contribution in [0.3, 0.4) is 0 Å². The Morgan fingerprint density at radius 1 is 1.25 bits per heavy atom. The summed E-state index contributed by atoms with van der Waals surface area (Å²) in [4.78, 5) is 29.1. The van der Waals surface area contributed by atoms with Gasteiger partial charge in [0.2, 0.25) is 11.8 Å². The predicted molar refractivity (Wildman–Crippen MR) is 109 cm³/mol. The molecule has 1 aromatic rings. The van der Waals surface area contributed by atoms with E-state index >= 15 is 0 Å². The third-order valence-electron chi connectivity index (χ3n) is 5.43. The molecule has 2 fully saturated rings. The number of benzene rings is 1. The van der Waals surface area contributed by atoms with E-state index in [0.717, 1.165) is 25.2 Å². The minimum Gasteiger partial charge on any atom is -0.374 e. The molecule has 0 radical (unpaired) electrons. The first kappa shape index (κ1) is 20.8. The zero-order valence-electron chi connectivity index (χ0n) is 17.3. The number of hydrogen-bond donors (Lipinski definition) is 1. The Labute approximate surface area is 168 Å². The van der Waals surface area contributed by atoms with Gasteiger partial charge in [-0.25, -0.2) is 0 Å². The number of nitrogens with one attached hydrogen (secondary N) is 1. The molecule has 3 rings (SSSR count). The van der Waals surface area contributed by atoms with Gasteiger partial charge in [-0.1, -0.05) is 43.7 Å². The van der Waals surface area contributed by atoms with Gasteiger partial charge in [0.25, 0.3) is 0 Å². The molecule has 2 saturated heterocycles. The molecule has 6 nitrogen and oxygen atoms in total. The SMILES string of the molecule is Cc1ccc(CN2CC(C(=O)NCC3CN(CC(C)C)CCO3)CC2=O)cc1. The number of nitrogens with zero attached hydrogens (tertiary/aromatic N) is 2. The van der Waals surface area contributed by atoms with Gasteiger partial charge in [0.15, 0.2) is 0 Å². The minimum absolute atomic E-state index is 0.0252. The molecule has 2 atom stereocenters. The molecule has 28 heavy (non-hydrogen) atoms. The van der Waals surface area contributed by atoms with E-state index < -0.39 is 0 Å². The van der Waals surface area contributed by atoms with Crippen LogP contribution in [0.4, 0.5) is 0 Å². The van der Waals surface area contributed by atoms with Gasteiger partial charge in [-0.15, -0.1) is 0 Å². The van der Waals surface area contributed by atoms with E-state index in [2.05, 4.69) is 24.1 Å². The number of ether oxygens (including phenoxy) is 1. The van der Waals surface area contributed by atoms with E-state index in [-0.39, 0.29) is 23.8 Å². The lowest BCUT2D eigenvalue weighted by atomic mass is 10.1. The van der Waals surface area contributed by atoms with Crippen LogP contribution in [0.15, 0.2) is 24.3 Å². The largest absolute Gasteiger partial charge is 0.374 e. The molecule has 2 unspecified atom stereocenters. The Balaban J connectivity index is 1.44. The summed E-state index contributed by atoms with van der Waals surface area (Å²) < 4.78 is 5.80. The first-order chi connectivity index (χ1) is 13.4. The summed E-state index contributed by atoms with van der Waals surface area (Å²) in [5, 5.41) is 3.01. The zero-order chi connectivity index (χ0) is 20.1. The number of likely N-dealkylation sites (tertiary alicyclic amines) is 1. The lowest BCUT2D eigenvalue weighted by molar-refractivity contribution is -0.129. The molecule has 0 bridgehead atoms. The molecule has 2 heterocycles. The molecule has 1 N–H and O–H groups in total. The molecule has 2 aliphatic rings. The molecule has 6 heteroatoms. The van der Waals surface area contributed by atoms with E-state index in [9.17, 15) is 9.59 Å². The van der Waals surface area contributed by atoms with Crippen LogP contribution in [-0.2, 0) is 20.9 Å². The van der Waals surface area contributed by atoms with Crippen molar-refractivity contribution < 1.29 is 14.3 Å². The molecule has 154 valence electrons. The Bertz CT molecular complexity index is 674. The number of carbonyl (C=O) groups excluding carboxylic acids is 2. The Hall–Kier alpha value is -1.92. The van der Waals surface area contributed by atoms with Crippen LogP contribution in [0.25, 0.3) is 0 Å². The number of amides is 2. The summed E-state index contributed by atoms with van der Waals surface area (Å²) in [5.74, 6) is 0.368. The monoisotopic (exact) mass is 387 g/mol. The van der Waals surface area contributed by atoms with Gasteiger partial charge < -0.3 is 15.0 Å². The molecular weight excluding hydrogens is 354 g/mol. The summed E-state index contributed by atoms with van der Waals surface area (Å²) in [6.07, 6.45) is 0.320. The second kappa shape index (κ2) is 9.52. The van der Waals surface area contributed by atoms with Crippen molar-refractivity contribution in [2.24, 2.45) is 11.8 Å². The third kappa shape index (κ3) is 5.79. The van der Waals surface area contributed by atoms with Crippen molar-refractivity contribution in [1.82, 2.24) is 15.1 Å². The van der Waals surface area contributed by atoms with E-state index in [0.29, 0.717) is 38.6 Å². The van der Waals surface area contributed by atoms with Crippen molar-refractivity contribution in [3.8, 4) is 0 Å². The van der Waals surface area contributed by atoms with E-state index in [1.54, 1.807) is 4.90 Å². The smallest absolute Gasteiger partial charge is 0.225 e. The average Bonchev–Trinajstić information content (AvgIpc) is 3.02. The van der Waals surface area contributed by atoms with Gasteiger partial charge >= 0.3 is 0 Å². The first-order valence-electron chi connectivity index (χ1n) is 10.4. The molecule has 2 amide bonds. The van der Waals surface area contributed by atoms with Gasteiger partial charge in [0.1, 0.15) is 0 Å². The number of rotatable bonds is 7. The van der Waals surface area contributed by atoms with Gasteiger partial charge in [-0.3, -0.25) is 14.5 Å². The van der Waals surface area contributed by atoms with Crippen molar-refractivity contribution >= 4 is 11.8 Å². The third-order valence-corrected chi connectivity index (χ3v) is 5.43. The summed E-state index contributed by atoms with van der Waals surface area (Å²) in [5.41, 5.74) is 2.30. The maximum absolute atomic E-state index is 12.6. The summed E-state index contributed by atoms with van der Waals surface area (Å²) >= 11 is 0. The number of morpholine rings is 1. The topological polar surface area (TPSA) is 61.9 Å². The lowest BCUT2D eigenvalue weighted by Gasteiger charge is -2.34. The van der Waals surface area contributed by atoms with Crippen molar-refractivity contribution in [2.45, 2.75) is 39.8 Å². The van der Waals surface area contributed by atoms with Gasteiger partial charge in [-0.05, 0) is 18.4 Å². The van der Waals surface area contributed by atoms with Crippen molar-refractivity contribution in [3.05, 3.63) is 35.4 Å². The van der Waals surface area contributed by atoms with Crippen LogP contribution in [0, 0.1) is 18.8 Å². The molecular formula is C22H33N3O3. The standard InChI is InChI=1S/C22H33N3O3/c1-16(2)12-24-8-9-28-20(15-24)11-23-22(27)19-10-21(26)25(14-19)13-18-6-4-17(3)5-7-18/h4-7,16,19-20H,8-15H2,1-3H3,(H,23,27). The normalized spacial score (nSPS) is 23.4. The van der Waals surface area contributed by atoms with Crippen molar-refractivity contribution in [3.63, 3.8) is 0 Å². The Kier molecular flexibility index (Phi) is 7.08. The van der Waals surface area contributed by atoms with Crippen LogP contribution in [0.1, 0.15) is 31.4 Å². The predicted octanol–water partition coefficient (Wildman–Crippen LogP) is 1.82. The van der Waals surface area contributed by atoms with E-state index in [1.165, 1.54) is 5.56 Å². The summed E-state index contributed by atoms with van der Waals surface area (Å²) in [6.45, 7) is 11.6. The van der Waals surface area contributed by atoms with Crippen molar-refractivity contribution in [1.29, 1.82) is 0 Å². The molecule has 0 aromatic heterocycles. The highest BCUT2D eigenvalue weighted by Gasteiger charge is 2.34. The second-order valence-corrected chi connectivity index (χ2v) is 8.55. The number of hydrogen-bond acceptors (Lipinski definition) is 4.